The molecule has 1 heteroatoms. The lowest BCUT2D eigenvalue weighted by Crippen LogP contribution is -2.20. The van der Waals surface area contributed by atoms with Crippen molar-refractivity contribution in [3.8, 4) is 0 Å². The quantitative estimate of drug-likeness (QED) is 0.813. The van der Waals surface area contributed by atoms with Crippen molar-refractivity contribution in [2.24, 2.45) is 5.41 Å². The Labute approximate surface area is 107 Å². The van der Waals surface area contributed by atoms with Gasteiger partial charge >= 0.3 is 0 Å². The molecule has 0 aliphatic rings. The molecule has 0 fully saturated rings. The highest BCUT2D eigenvalue weighted by molar-refractivity contribution is 5.32. The molecule has 0 aromatic heterocycles. The van der Waals surface area contributed by atoms with Gasteiger partial charge in [-0.25, -0.2) is 0 Å². The van der Waals surface area contributed by atoms with Gasteiger partial charge in [0.15, 0.2) is 0 Å². The predicted octanol–water partition coefficient (Wildman–Crippen LogP) is 4.39. The largest absolute Gasteiger partial charge is 0.313 e. The Hall–Kier alpha value is -0.820. The zero-order chi connectivity index (χ0) is 13.1. The topological polar surface area (TPSA) is 12.0 Å². The number of hydrogen-bond donors (Lipinski definition) is 1. The molecule has 0 aliphatic carbocycles. The second-order valence-electron chi connectivity index (χ2n) is 6.30. The maximum Gasteiger partial charge on any atom is 0.0320 e. The first-order valence-electron chi connectivity index (χ1n) is 6.58. The second kappa shape index (κ2) is 5.68. The van der Waals surface area contributed by atoms with Gasteiger partial charge in [0.05, 0.1) is 0 Å². The molecule has 1 aromatic carbocycles. The van der Waals surface area contributed by atoms with Gasteiger partial charge in [0, 0.05) is 6.04 Å². The summed E-state index contributed by atoms with van der Waals surface area (Å²) in [7, 11) is 2.06. The van der Waals surface area contributed by atoms with Crippen LogP contribution in [0.1, 0.15) is 56.3 Å². The lowest BCUT2D eigenvalue weighted by Gasteiger charge is -2.24. The van der Waals surface area contributed by atoms with Crippen molar-refractivity contribution < 1.29 is 0 Å². The van der Waals surface area contributed by atoms with Gasteiger partial charge in [-0.05, 0) is 50.3 Å². The number of nitrogens with one attached hydrogen (secondary N) is 1. The molecule has 1 nitrogen and oxygen atoms in total. The maximum absolute atomic E-state index is 3.46. The van der Waals surface area contributed by atoms with Crippen molar-refractivity contribution in [3.05, 3.63) is 34.9 Å². The summed E-state index contributed by atoms with van der Waals surface area (Å²) in [5.41, 5.74) is 4.61. The van der Waals surface area contributed by atoms with E-state index >= 15 is 0 Å². The number of hydrogen-bond acceptors (Lipinski definition) is 1. The summed E-state index contributed by atoms with van der Waals surface area (Å²) in [5, 5.41) is 3.46. The molecule has 17 heavy (non-hydrogen) atoms. The zero-order valence-electron chi connectivity index (χ0n) is 12.2. The van der Waals surface area contributed by atoms with Crippen molar-refractivity contribution in [1.29, 1.82) is 0 Å². The average molecular weight is 233 g/mol. The van der Waals surface area contributed by atoms with E-state index in [1.54, 1.807) is 0 Å². The minimum atomic E-state index is 0.410. The molecule has 1 aromatic rings. The van der Waals surface area contributed by atoms with Gasteiger partial charge in [-0.2, -0.15) is 0 Å². The van der Waals surface area contributed by atoms with Crippen LogP contribution < -0.4 is 5.32 Å². The van der Waals surface area contributed by atoms with Gasteiger partial charge in [-0.3, -0.25) is 0 Å². The monoisotopic (exact) mass is 233 g/mol. The van der Waals surface area contributed by atoms with Crippen LogP contribution in [0.4, 0.5) is 0 Å². The number of aryl methyl sites for hydroxylation is 2. The van der Waals surface area contributed by atoms with Crippen LogP contribution in [-0.2, 0) is 0 Å². The third-order valence-corrected chi connectivity index (χ3v) is 3.34. The summed E-state index contributed by atoms with van der Waals surface area (Å²) in [6, 6.07) is 7.22. The summed E-state index contributed by atoms with van der Waals surface area (Å²) in [5.74, 6) is 0. The molecule has 0 saturated heterocycles. The minimum absolute atomic E-state index is 0.410. The molecule has 0 bridgehead atoms. The average Bonchev–Trinajstić information content (AvgIpc) is 2.22. The standard InChI is InChI=1S/C16H27N/c1-12-7-8-13(2)14(11-12)15(17-6)9-10-16(3,4)5/h7-8,11,15,17H,9-10H2,1-6H3. The van der Waals surface area contributed by atoms with Crippen molar-refractivity contribution in [3.63, 3.8) is 0 Å². The molecule has 0 saturated carbocycles. The Balaban J connectivity index is 2.82. The Bertz CT molecular complexity index is 360. The van der Waals surface area contributed by atoms with Crippen LogP contribution in [0.2, 0.25) is 0 Å². The molecule has 1 atom stereocenters. The molecule has 1 unspecified atom stereocenters. The SMILES string of the molecule is CNC(CCC(C)(C)C)c1cc(C)ccc1C. The molecule has 0 aliphatic heterocycles. The molecule has 1 rings (SSSR count). The highest BCUT2D eigenvalue weighted by Crippen LogP contribution is 2.29. The van der Waals surface area contributed by atoms with Crippen LogP contribution in [0.15, 0.2) is 18.2 Å². The van der Waals surface area contributed by atoms with Crippen molar-refractivity contribution in [2.75, 3.05) is 7.05 Å². The van der Waals surface area contributed by atoms with Crippen LogP contribution >= 0.6 is 0 Å². The van der Waals surface area contributed by atoms with E-state index < -0.39 is 0 Å². The van der Waals surface area contributed by atoms with Gasteiger partial charge in [0.1, 0.15) is 0 Å². The highest BCUT2D eigenvalue weighted by Gasteiger charge is 2.16. The first-order chi connectivity index (χ1) is 7.83. The van der Waals surface area contributed by atoms with Gasteiger partial charge in [0.2, 0.25) is 0 Å². The molecular formula is C16H27N. The lowest BCUT2D eigenvalue weighted by atomic mass is 9.86. The summed E-state index contributed by atoms with van der Waals surface area (Å²) in [6.45, 7) is 11.3. The van der Waals surface area contributed by atoms with Gasteiger partial charge in [-0.15, -0.1) is 0 Å². The summed E-state index contributed by atoms with van der Waals surface area (Å²) in [4.78, 5) is 0. The Morgan fingerprint density at radius 3 is 2.35 bits per heavy atom. The smallest absolute Gasteiger partial charge is 0.0320 e. The minimum Gasteiger partial charge on any atom is -0.313 e. The van der Waals surface area contributed by atoms with Gasteiger partial charge < -0.3 is 5.32 Å². The van der Waals surface area contributed by atoms with Crippen molar-refractivity contribution in [1.82, 2.24) is 5.32 Å². The molecule has 0 amide bonds. The number of rotatable bonds is 4. The fourth-order valence-corrected chi connectivity index (χ4v) is 2.17. The molecular weight excluding hydrogens is 206 g/mol. The molecule has 0 spiro atoms. The Morgan fingerprint density at radius 2 is 1.82 bits per heavy atom. The van der Waals surface area contributed by atoms with Crippen molar-refractivity contribution >= 4 is 0 Å². The fraction of sp³-hybridized carbons (Fsp3) is 0.625. The van der Waals surface area contributed by atoms with Crippen LogP contribution in [0.3, 0.4) is 0 Å². The van der Waals surface area contributed by atoms with Crippen LogP contribution in [0, 0.1) is 19.3 Å². The molecule has 96 valence electrons. The van der Waals surface area contributed by atoms with Gasteiger partial charge in [-0.1, -0.05) is 44.5 Å². The number of benzene rings is 1. The summed E-state index contributed by atoms with van der Waals surface area (Å²) in [6.07, 6.45) is 2.44. The van der Waals surface area contributed by atoms with E-state index in [4.69, 9.17) is 0 Å². The van der Waals surface area contributed by atoms with E-state index in [0.717, 1.165) is 0 Å². The van der Waals surface area contributed by atoms with E-state index in [2.05, 4.69) is 65.2 Å². The Kier molecular flexibility index (Phi) is 4.76. The lowest BCUT2D eigenvalue weighted by molar-refractivity contribution is 0.337. The van der Waals surface area contributed by atoms with Crippen LogP contribution in [0.5, 0.6) is 0 Å². The Morgan fingerprint density at radius 1 is 1.18 bits per heavy atom. The molecule has 0 heterocycles. The third-order valence-electron chi connectivity index (χ3n) is 3.34. The summed E-state index contributed by atoms with van der Waals surface area (Å²) < 4.78 is 0. The van der Waals surface area contributed by atoms with E-state index in [1.165, 1.54) is 29.5 Å². The van der Waals surface area contributed by atoms with E-state index in [0.29, 0.717) is 11.5 Å². The first kappa shape index (κ1) is 14.2. The predicted molar refractivity (Wildman–Crippen MR) is 76.4 cm³/mol. The van der Waals surface area contributed by atoms with Gasteiger partial charge in [0.25, 0.3) is 0 Å². The maximum atomic E-state index is 3.46. The normalized spacial score (nSPS) is 13.8. The zero-order valence-corrected chi connectivity index (χ0v) is 12.2. The second-order valence-corrected chi connectivity index (χ2v) is 6.30. The first-order valence-corrected chi connectivity index (χ1v) is 6.58. The van der Waals surface area contributed by atoms with Crippen LogP contribution in [0.25, 0.3) is 0 Å². The van der Waals surface area contributed by atoms with E-state index in [-0.39, 0.29) is 0 Å². The highest BCUT2D eigenvalue weighted by atomic mass is 14.9. The summed E-state index contributed by atoms with van der Waals surface area (Å²) >= 11 is 0. The molecule has 0 radical (unpaired) electrons. The molecule has 1 N–H and O–H groups in total. The van der Waals surface area contributed by atoms with Crippen LogP contribution in [-0.4, -0.2) is 7.05 Å². The van der Waals surface area contributed by atoms with Crippen molar-refractivity contribution in [2.45, 2.75) is 53.5 Å². The van der Waals surface area contributed by atoms with E-state index in [1.807, 2.05) is 0 Å². The third kappa shape index (κ3) is 4.51. The van der Waals surface area contributed by atoms with E-state index in [9.17, 15) is 0 Å². The fourth-order valence-electron chi connectivity index (χ4n) is 2.17.